The van der Waals surface area contributed by atoms with Crippen molar-refractivity contribution in [3.05, 3.63) is 66.2 Å². The zero-order valence-corrected chi connectivity index (χ0v) is 19.7. The van der Waals surface area contributed by atoms with Crippen LogP contribution in [0.1, 0.15) is 12.0 Å². The van der Waals surface area contributed by atoms with Gasteiger partial charge in [0.2, 0.25) is 0 Å². The van der Waals surface area contributed by atoms with E-state index in [0.717, 1.165) is 30.8 Å². The van der Waals surface area contributed by atoms with Crippen LogP contribution in [0.15, 0.2) is 60.7 Å². The van der Waals surface area contributed by atoms with Crippen molar-refractivity contribution in [3.63, 3.8) is 0 Å². The molecule has 11 heteroatoms. The van der Waals surface area contributed by atoms with Gasteiger partial charge in [-0.3, -0.25) is 4.90 Å². The number of amides is 2. The van der Waals surface area contributed by atoms with Crippen molar-refractivity contribution in [2.24, 2.45) is 0 Å². The van der Waals surface area contributed by atoms with Crippen LogP contribution in [0.2, 0.25) is 0 Å². The number of alkyl halides is 3. The van der Waals surface area contributed by atoms with Gasteiger partial charge in [-0.05, 0) is 42.8 Å². The molecule has 1 aromatic heterocycles. The Labute approximate surface area is 210 Å². The first-order valence-corrected chi connectivity index (χ1v) is 11.8. The van der Waals surface area contributed by atoms with E-state index in [4.69, 9.17) is 9.84 Å². The maximum atomic E-state index is 13.5. The lowest BCUT2D eigenvalue weighted by atomic mass is 10.1. The van der Waals surface area contributed by atoms with Crippen molar-refractivity contribution in [1.29, 1.82) is 0 Å². The van der Waals surface area contributed by atoms with Crippen molar-refractivity contribution in [3.8, 4) is 17.0 Å². The number of pyridine rings is 1. The first-order valence-electron chi connectivity index (χ1n) is 11.8. The molecule has 3 heterocycles. The average molecular weight is 515 g/mol. The van der Waals surface area contributed by atoms with Crippen molar-refractivity contribution >= 4 is 23.2 Å². The molecule has 5 rings (SSSR count). The number of fused-ring (bicyclic) bond motifs is 4. The maximum absolute atomic E-state index is 13.5. The number of carbonyl (C=O) groups excluding carboxylic acids is 1. The van der Waals surface area contributed by atoms with Crippen LogP contribution in [0, 0.1) is 0 Å². The van der Waals surface area contributed by atoms with Crippen LogP contribution in [-0.2, 0) is 6.18 Å². The first-order chi connectivity index (χ1) is 17.7. The van der Waals surface area contributed by atoms with E-state index in [0.29, 0.717) is 35.1 Å². The SMILES string of the molecule is O=C(Nc1cccc(OC[C@@H](O)CO)c1)N1c2nc(-c3cccc(C(F)(F)F)c3)ccc2N2CC[C@H]1C2. The highest BCUT2D eigenvalue weighted by molar-refractivity contribution is 6.04. The van der Waals surface area contributed by atoms with Gasteiger partial charge in [-0.1, -0.05) is 18.2 Å². The number of ether oxygens (including phenoxy) is 1. The minimum absolute atomic E-state index is 0.104. The third-order valence-electron chi connectivity index (χ3n) is 6.39. The molecular weight excluding hydrogens is 489 g/mol. The highest BCUT2D eigenvalue weighted by Crippen LogP contribution is 2.41. The van der Waals surface area contributed by atoms with Gasteiger partial charge in [-0.25, -0.2) is 9.78 Å². The maximum Gasteiger partial charge on any atom is 0.416 e. The molecule has 0 radical (unpaired) electrons. The highest BCUT2D eigenvalue weighted by Gasteiger charge is 2.40. The van der Waals surface area contributed by atoms with Gasteiger partial charge in [0, 0.05) is 30.4 Å². The molecule has 37 heavy (non-hydrogen) atoms. The number of benzene rings is 2. The van der Waals surface area contributed by atoms with Gasteiger partial charge in [0.05, 0.1) is 29.6 Å². The van der Waals surface area contributed by atoms with E-state index >= 15 is 0 Å². The quantitative estimate of drug-likeness (QED) is 0.458. The summed E-state index contributed by atoms with van der Waals surface area (Å²) >= 11 is 0. The molecule has 0 unspecified atom stereocenters. The number of nitrogens with zero attached hydrogens (tertiary/aromatic N) is 3. The van der Waals surface area contributed by atoms with Gasteiger partial charge in [0.1, 0.15) is 18.5 Å². The summed E-state index contributed by atoms with van der Waals surface area (Å²) in [4.78, 5) is 21.8. The predicted octanol–water partition coefficient (Wildman–Crippen LogP) is 4.13. The number of carbonyl (C=O) groups is 1. The van der Waals surface area contributed by atoms with E-state index in [1.54, 1.807) is 47.4 Å². The molecular formula is C26H25F3N4O4. The topological polar surface area (TPSA) is 98.2 Å². The van der Waals surface area contributed by atoms with Crippen LogP contribution < -0.4 is 19.9 Å². The Hall–Kier alpha value is -3.83. The number of hydrogen-bond acceptors (Lipinski definition) is 6. The summed E-state index contributed by atoms with van der Waals surface area (Å²) in [6, 6.07) is 14.5. The largest absolute Gasteiger partial charge is 0.491 e. The zero-order valence-electron chi connectivity index (χ0n) is 19.7. The summed E-state index contributed by atoms with van der Waals surface area (Å²) in [5, 5.41) is 21.3. The molecule has 0 aliphatic carbocycles. The summed E-state index contributed by atoms with van der Waals surface area (Å²) < 4.78 is 45.2. The number of halogens is 3. The summed E-state index contributed by atoms with van der Waals surface area (Å²) in [6.07, 6.45) is -4.77. The van der Waals surface area contributed by atoms with Crippen LogP contribution in [0.5, 0.6) is 5.75 Å². The molecule has 3 N–H and O–H groups in total. The van der Waals surface area contributed by atoms with Gasteiger partial charge < -0.3 is 25.2 Å². The van der Waals surface area contributed by atoms with Crippen LogP contribution in [-0.4, -0.2) is 59.7 Å². The summed E-state index contributed by atoms with van der Waals surface area (Å²) in [7, 11) is 0. The second-order valence-corrected chi connectivity index (χ2v) is 8.98. The van der Waals surface area contributed by atoms with Crippen molar-refractivity contribution in [2.75, 3.05) is 41.4 Å². The fourth-order valence-electron chi connectivity index (χ4n) is 4.58. The van der Waals surface area contributed by atoms with Crippen LogP contribution in [0.3, 0.4) is 0 Å². The van der Waals surface area contributed by atoms with Gasteiger partial charge in [-0.2, -0.15) is 13.2 Å². The predicted molar refractivity (Wildman–Crippen MR) is 132 cm³/mol. The lowest BCUT2D eigenvalue weighted by Gasteiger charge is -2.36. The molecule has 3 aromatic rings. The molecule has 2 bridgehead atoms. The number of rotatable bonds is 6. The molecule has 0 saturated carbocycles. The highest BCUT2D eigenvalue weighted by atomic mass is 19.4. The van der Waals surface area contributed by atoms with E-state index in [1.165, 1.54) is 6.07 Å². The minimum Gasteiger partial charge on any atom is -0.491 e. The van der Waals surface area contributed by atoms with Crippen LogP contribution >= 0.6 is 0 Å². The number of aliphatic hydroxyl groups is 2. The van der Waals surface area contributed by atoms with E-state index in [9.17, 15) is 23.1 Å². The Morgan fingerprint density at radius 2 is 1.97 bits per heavy atom. The summed E-state index contributed by atoms with van der Waals surface area (Å²) in [6.45, 7) is 0.835. The van der Waals surface area contributed by atoms with E-state index in [-0.39, 0.29) is 12.6 Å². The van der Waals surface area contributed by atoms with Crippen LogP contribution in [0.4, 0.5) is 35.2 Å². The van der Waals surface area contributed by atoms with Crippen molar-refractivity contribution in [2.45, 2.75) is 24.7 Å². The third-order valence-corrected chi connectivity index (χ3v) is 6.39. The standard InChI is InChI=1S/C26H25F3N4O4/c27-26(28,29)17-4-1-3-16(11-17)22-7-8-23-24(31-22)33(19-9-10-32(23)13-19)25(36)30-18-5-2-6-21(12-18)37-15-20(35)14-34/h1-8,11-12,19-20,34-35H,9-10,13-15H2,(H,30,36)/t19-,20-/m0/s1. The van der Waals surface area contributed by atoms with Gasteiger partial charge >= 0.3 is 12.2 Å². The Kier molecular flexibility index (Phi) is 6.65. The fraction of sp³-hybridized carbons (Fsp3) is 0.308. The number of hydrogen-bond donors (Lipinski definition) is 3. The number of anilines is 3. The van der Waals surface area contributed by atoms with Crippen molar-refractivity contribution < 1.29 is 32.9 Å². The second kappa shape index (κ2) is 9.91. The average Bonchev–Trinajstić information content (AvgIpc) is 3.31. The monoisotopic (exact) mass is 514 g/mol. The molecule has 1 saturated heterocycles. The Balaban J connectivity index is 1.42. The minimum atomic E-state index is -4.48. The number of aliphatic hydroxyl groups excluding tert-OH is 2. The number of nitrogens with one attached hydrogen (secondary N) is 1. The Bertz CT molecular complexity index is 1300. The molecule has 1 fully saturated rings. The molecule has 8 nitrogen and oxygen atoms in total. The number of urea groups is 1. The molecule has 2 aliphatic rings. The van der Waals surface area contributed by atoms with E-state index in [2.05, 4.69) is 15.2 Å². The molecule has 2 aliphatic heterocycles. The normalized spacial score (nSPS) is 17.4. The molecule has 2 aromatic carbocycles. The smallest absolute Gasteiger partial charge is 0.416 e. The second-order valence-electron chi connectivity index (χ2n) is 8.98. The van der Waals surface area contributed by atoms with E-state index < -0.39 is 30.5 Å². The Morgan fingerprint density at radius 1 is 1.16 bits per heavy atom. The number of aromatic nitrogens is 1. The Morgan fingerprint density at radius 3 is 2.76 bits per heavy atom. The van der Waals surface area contributed by atoms with Crippen LogP contribution in [0.25, 0.3) is 11.3 Å². The first kappa shape index (κ1) is 24.8. The van der Waals surface area contributed by atoms with E-state index in [1.807, 2.05) is 0 Å². The molecule has 0 spiro atoms. The lowest BCUT2D eigenvalue weighted by molar-refractivity contribution is -0.137. The van der Waals surface area contributed by atoms with Gasteiger partial charge in [-0.15, -0.1) is 0 Å². The summed E-state index contributed by atoms with van der Waals surface area (Å²) in [5.74, 6) is 0.793. The van der Waals surface area contributed by atoms with Gasteiger partial charge in [0.15, 0.2) is 5.82 Å². The van der Waals surface area contributed by atoms with Gasteiger partial charge in [0.25, 0.3) is 0 Å². The molecule has 194 valence electrons. The molecule has 2 amide bonds. The zero-order chi connectivity index (χ0) is 26.2. The molecule has 2 atom stereocenters. The lowest BCUT2D eigenvalue weighted by Crippen LogP contribution is -2.48. The third kappa shape index (κ3) is 5.18. The fourth-order valence-corrected chi connectivity index (χ4v) is 4.58. The summed E-state index contributed by atoms with van der Waals surface area (Å²) in [5.41, 5.74) is 1.08. The van der Waals surface area contributed by atoms with Crippen molar-refractivity contribution in [1.82, 2.24) is 4.98 Å².